The van der Waals surface area contributed by atoms with Crippen molar-refractivity contribution in [1.29, 1.82) is 0 Å². The second kappa shape index (κ2) is 7.67. The van der Waals surface area contributed by atoms with Gasteiger partial charge >= 0.3 is 12.6 Å². The number of halogens is 5. The molecule has 19 heavy (non-hydrogen) atoms. The van der Waals surface area contributed by atoms with Crippen molar-refractivity contribution in [2.45, 2.75) is 52.3 Å². The van der Waals surface area contributed by atoms with Crippen molar-refractivity contribution >= 4 is 0 Å². The van der Waals surface area contributed by atoms with Gasteiger partial charge in [-0.15, -0.1) is 0 Å². The van der Waals surface area contributed by atoms with Crippen LogP contribution in [0, 0.1) is 0 Å². The van der Waals surface area contributed by atoms with E-state index < -0.39 is 12.6 Å². The monoisotopic (exact) mass is 288 g/mol. The Hall–Kier alpha value is -0.850. The van der Waals surface area contributed by atoms with Crippen molar-refractivity contribution < 1.29 is 22.0 Å². The molecule has 0 N–H and O–H groups in total. The molecule has 0 saturated heterocycles. The molecule has 0 aromatic carbocycles. The minimum absolute atomic E-state index is 0.585. The fraction of sp³-hybridized carbons (Fsp3) is 0.833. The largest absolute Gasteiger partial charge is 0.450 e. The van der Waals surface area contributed by atoms with Crippen molar-refractivity contribution in [2.75, 3.05) is 13.6 Å². The van der Waals surface area contributed by atoms with Gasteiger partial charge in [-0.05, 0) is 26.3 Å². The third-order valence-corrected chi connectivity index (χ3v) is 2.84. The molecule has 114 valence electrons. The molecule has 1 heterocycles. The zero-order valence-corrected chi connectivity index (χ0v) is 11.6. The predicted molar refractivity (Wildman–Crippen MR) is 64.7 cm³/mol. The molecule has 0 aromatic rings. The lowest BCUT2D eigenvalue weighted by Crippen LogP contribution is -2.39. The molecule has 0 amide bonds. The second-order valence-corrected chi connectivity index (χ2v) is 4.43. The molecule has 1 aliphatic rings. The van der Waals surface area contributed by atoms with E-state index in [4.69, 9.17) is 0 Å². The molecule has 1 atom stereocenters. The average molecular weight is 288 g/mol. The van der Waals surface area contributed by atoms with Crippen LogP contribution in [0.1, 0.15) is 33.6 Å². The van der Waals surface area contributed by atoms with Crippen molar-refractivity contribution in [2.24, 2.45) is 0 Å². The minimum Gasteiger partial charge on any atom is -0.313 e. The smallest absolute Gasteiger partial charge is 0.313 e. The van der Waals surface area contributed by atoms with Crippen molar-refractivity contribution in [1.82, 2.24) is 10.0 Å². The van der Waals surface area contributed by atoms with Crippen LogP contribution >= 0.6 is 0 Å². The van der Waals surface area contributed by atoms with Gasteiger partial charge < -0.3 is 5.01 Å². The summed E-state index contributed by atoms with van der Waals surface area (Å²) in [5, 5.41) is 4.68. The molecule has 2 nitrogen and oxygen atoms in total. The van der Waals surface area contributed by atoms with Gasteiger partial charge in [0.05, 0.1) is 0 Å². The van der Waals surface area contributed by atoms with Gasteiger partial charge in [-0.1, -0.05) is 13.3 Å². The van der Waals surface area contributed by atoms with Crippen LogP contribution in [0.2, 0.25) is 0 Å². The van der Waals surface area contributed by atoms with Crippen LogP contribution in [0.15, 0.2) is 11.8 Å². The van der Waals surface area contributed by atoms with Crippen LogP contribution in [-0.4, -0.2) is 42.3 Å². The first-order valence-electron chi connectivity index (χ1n) is 6.14. The molecule has 0 spiro atoms. The summed E-state index contributed by atoms with van der Waals surface area (Å²) < 4.78 is 52.1. The third-order valence-electron chi connectivity index (χ3n) is 2.84. The molecular formula is C12H21F5N2. The van der Waals surface area contributed by atoms with Crippen molar-refractivity contribution in [3.63, 3.8) is 0 Å². The number of nitrogens with zero attached hydrogens (tertiary/aromatic N) is 2. The zero-order chi connectivity index (χ0) is 15.2. The van der Waals surface area contributed by atoms with E-state index in [1.807, 2.05) is 0 Å². The maximum atomic E-state index is 10.4. The molecule has 0 bridgehead atoms. The molecule has 1 unspecified atom stereocenters. The topological polar surface area (TPSA) is 6.48 Å². The van der Waals surface area contributed by atoms with E-state index >= 15 is 0 Å². The highest BCUT2D eigenvalue weighted by atomic mass is 19.4. The van der Waals surface area contributed by atoms with Gasteiger partial charge in [-0.3, -0.25) is 0 Å². The number of rotatable bonds is 3. The van der Waals surface area contributed by atoms with Crippen LogP contribution < -0.4 is 0 Å². The van der Waals surface area contributed by atoms with E-state index in [-0.39, 0.29) is 0 Å². The van der Waals surface area contributed by atoms with Crippen LogP contribution in [0.4, 0.5) is 22.0 Å². The van der Waals surface area contributed by atoms with Crippen LogP contribution in [-0.2, 0) is 0 Å². The minimum atomic E-state index is -5.33. The second-order valence-electron chi connectivity index (χ2n) is 4.43. The van der Waals surface area contributed by atoms with Crippen molar-refractivity contribution in [3.05, 3.63) is 11.8 Å². The number of hydrogen-bond donors (Lipinski definition) is 0. The Morgan fingerprint density at radius 3 is 2.05 bits per heavy atom. The highest BCUT2D eigenvalue weighted by Gasteiger charge is 2.40. The van der Waals surface area contributed by atoms with Gasteiger partial charge in [0.2, 0.25) is 0 Å². The fourth-order valence-electron chi connectivity index (χ4n) is 1.69. The molecule has 1 rings (SSSR count). The van der Waals surface area contributed by atoms with E-state index in [9.17, 15) is 22.0 Å². The summed E-state index contributed by atoms with van der Waals surface area (Å²) in [6, 6.07) is 0.585. The van der Waals surface area contributed by atoms with E-state index in [1.165, 1.54) is 25.1 Å². The van der Waals surface area contributed by atoms with Crippen molar-refractivity contribution in [3.8, 4) is 0 Å². The Bertz CT molecular complexity index is 288. The van der Waals surface area contributed by atoms with Gasteiger partial charge in [0, 0.05) is 25.3 Å². The Kier molecular flexibility index (Phi) is 7.33. The molecular weight excluding hydrogens is 267 g/mol. The Balaban J connectivity index is 0.000000399. The highest BCUT2D eigenvalue weighted by Crippen LogP contribution is 2.23. The van der Waals surface area contributed by atoms with Gasteiger partial charge in [-0.25, -0.2) is 13.8 Å². The summed E-state index contributed by atoms with van der Waals surface area (Å²) in [6.45, 7) is 7.84. The number of hydrogen-bond acceptors (Lipinski definition) is 2. The molecule has 0 radical (unpaired) electrons. The molecule has 0 saturated carbocycles. The molecule has 0 aromatic heterocycles. The quantitative estimate of drug-likeness (QED) is 0.723. The lowest BCUT2D eigenvalue weighted by Gasteiger charge is -2.30. The zero-order valence-electron chi connectivity index (χ0n) is 11.6. The summed E-state index contributed by atoms with van der Waals surface area (Å²) in [4.78, 5) is 0. The number of allylic oxidation sites excluding steroid dienone is 1. The summed E-state index contributed by atoms with van der Waals surface area (Å²) in [7, 11) is 2.14. The first kappa shape index (κ1) is 18.1. The molecule has 0 aliphatic carbocycles. The summed E-state index contributed by atoms with van der Waals surface area (Å²) in [5.74, 6) is 0. The number of hydrazine groups is 1. The maximum absolute atomic E-state index is 10.4. The first-order chi connectivity index (χ1) is 8.61. The SMILES string of the molecule is CCCCN1C(C)C=C(C)N1C.FC(F)C(F)(F)F. The van der Waals surface area contributed by atoms with Gasteiger partial charge in [0.1, 0.15) is 0 Å². The van der Waals surface area contributed by atoms with Crippen LogP contribution in [0.3, 0.4) is 0 Å². The predicted octanol–water partition coefficient (Wildman–Crippen LogP) is 4.06. The third kappa shape index (κ3) is 6.22. The highest BCUT2D eigenvalue weighted by molar-refractivity contribution is 5.07. The average Bonchev–Trinajstić information content (AvgIpc) is 2.51. The normalized spacial score (nSPS) is 20.4. The Morgan fingerprint density at radius 2 is 1.79 bits per heavy atom. The lowest BCUT2D eigenvalue weighted by molar-refractivity contribution is -0.219. The molecule has 1 aliphatic heterocycles. The Labute approximate surface area is 110 Å². The summed E-state index contributed by atoms with van der Waals surface area (Å²) >= 11 is 0. The van der Waals surface area contributed by atoms with Gasteiger partial charge in [0.25, 0.3) is 0 Å². The van der Waals surface area contributed by atoms with Gasteiger partial charge in [-0.2, -0.15) is 13.2 Å². The number of alkyl halides is 5. The lowest BCUT2D eigenvalue weighted by atomic mass is 10.3. The fourth-order valence-corrected chi connectivity index (χ4v) is 1.69. The number of unbranched alkanes of at least 4 members (excludes halogenated alkanes) is 1. The Morgan fingerprint density at radius 1 is 1.32 bits per heavy atom. The summed E-state index contributed by atoms with van der Waals surface area (Å²) in [5.41, 5.74) is 1.37. The molecule has 7 heteroatoms. The van der Waals surface area contributed by atoms with E-state index in [0.29, 0.717) is 6.04 Å². The molecule has 0 fully saturated rings. The van der Waals surface area contributed by atoms with E-state index in [1.54, 1.807) is 0 Å². The van der Waals surface area contributed by atoms with Crippen LogP contribution in [0.25, 0.3) is 0 Å². The maximum Gasteiger partial charge on any atom is 0.450 e. The van der Waals surface area contributed by atoms with Crippen LogP contribution in [0.5, 0.6) is 0 Å². The van der Waals surface area contributed by atoms with E-state index in [2.05, 4.69) is 43.9 Å². The van der Waals surface area contributed by atoms with E-state index in [0.717, 1.165) is 0 Å². The standard InChI is InChI=1S/C10H20N2.C2HF5/c1-5-6-7-12-10(3)8-9(2)11(12)4;3-1(4)2(5,6)7/h8,10H,5-7H2,1-4H3;1H. The van der Waals surface area contributed by atoms with Gasteiger partial charge in [0.15, 0.2) is 0 Å². The first-order valence-corrected chi connectivity index (χ1v) is 6.14. The summed E-state index contributed by atoms with van der Waals surface area (Å²) in [6.07, 6.45) is -4.66.